The summed E-state index contributed by atoms with van der Waals surface area (Å²) in [5.74, 6) is 0.378. The lowest BCUT2D eigenvalue weighted by Crippen LogP contribution is -2.28. The molecule has 0 aromatic heterocycles. The molecule has 3 aromatic carbocycles. The predicted octanol–water partition coefficient (Wildman–Crippen LogP) is 5.87. The van der Waals surface area contributed by atoms with Gasteiger partial charge in [-0.05, 0) is 48.2 Å². The molecule has 1 heterocycles. The zero-order valence-electron chi connectivity index (χ0n) is 14.3. The Morgan fingerprint density at radius 1 is 0.885 bits per heavy atom. The standard InChI is InChI=1S/C23H19ClN2/c24-18-9-6-8-17(15-18)23-21-14-13-16-7-4-5-12-20(16)22(21)25-26(23)19-10-2-1-3-11-19/h1-12,15,21,23H,13-14H2. The molecule has 0 saturated heterocycles. The highest BCUT2D eigenvalue weighted by molar-refractivity contribution is 6.30. The zero-order chi connectivity index (χ0) is 17.5. The van der Waals surface area contributed by atoms with Crippen LogP contribution in [0.15, 0.2) is 84.0 Å². The van der Waals surface area contributed by atoms with E-state index in [-0.39, 0.29) is 6.04 Å². The first kappa shape index (κ1) is 15.7. The zero-order valence-corrected chi connectivity index (χ0v) is 15.1. The predicted molar refractivity (Wildman–Crippen MR) is 108 cm³/mol. The second-order valence-electron chi connectivity index (χ2n) is 6.97. The quantitative estimate of drug-likeness (QED) is 0.559. The van der Waals surface area contributed by atoms with Crippen LogP contribution in [-0.2, 0) is 6.42 Å². The highest BCUT2D eigenvalue weighted by Crippen LogP contribution is 2.45. The van der Waals surface area contributed by atoms with Crippen LogP contribution in [-0.4, -0.2) is 5.71 Å². The molecule has 0 N–H and O–H groups in total. The van der Waals surface area contributed by atoms with Crippen LogP contribution in [0.2, 0.25) is 5.02 Å². The number of rotatable bonds is 2. The van der Waals surface area contributed by atoms with Gasteiger partial charge in [0.25, 0.3) is 0 Å². The fourth-order valence-corrected chi connectivity index (χ4v) is 4.48. The Labute approximate surface area is 158 Å². The molecule has 5 rings (SSSR count). The molecule has 2 nitrogen and oxygen atoms in total. The summed E-state index contributed by atoms with van der Waals surface area (Å²) < 4.78 is 0. The van der Waals surface area contributed by atoms with E-state index in [1.807, 2.05) is 18.2 Å². The van der Waals surface area contributed by atoms with Gasteiger partial charge in [0.05, 0.1) is 17.4 Å². The van der Waals surface area contributed by atoms with E-state index in [0.29, 0.717) is 5.92 Å². The topological polar surface area (TPSA) is 15.6 Å². The van der Waals surface area contributed by atoms with Gasteiger partial charge in [-0.15, -0.1) is 0 Å². The van der Waals surface area contributed by atoms with Crippen molar-refractivity contribution in [1.29, 1.82) is 0 Å². The van der Waals surface area contributed by atoms with Crippen LogP contribution >= 0.6 is 11.6 Å². The average Bonchev–Trinajstić information content (AvgIpc) is 3.09. The first-order valence-corrected chi connectivity index (χ1v) is 9.45. The average molecular weight is 359 g/mol. The van der Waals surface area contributed by atoms with Gasteiger partial charge in [-0.25, -0.2) is 0 Å². The first-order chi connectivity index (χ1) is 12.8. The van der Waals surface area contributed by atoms with Crippen molar-refractivity contribution in [3.63, 3.8) is 0 Å². The van der Waals surface area contributed by atoms with E-state index in [1.54, 1.807) is 0 Å². The van der Waals surface area contributed by atoms with Crippen molar-refractivity contribution in [3.8, 4) is 0 Å². The van der Waals surface area contributed by atoms with Crippen molar-refractivity contribution in [1.82, 2.24) is 0 Å². The molecule has 26 heavy (non-hydrogen) atoms. The van der Waals surface area contributed by atoms with Gasteiger partial charge in [-0.2, -0.15) is 5.10 Å². The number of fused-ring (bicyclic) bond motifs is 3. The Bertz CT molecular complexity index is 980. The number of anilines is 1. The maximum absolute atomic E-state index is 6.32. The van der Waals surface area contributed by atoms with Crippen LogP contribution in [0.4, 0.5) is 5.69 Å². The second-order valence-corrected chi connectivity index (χ2v) is 7.40. The van der Waals surface area contributed by atoms with Crippen LogP contribution in [0.3, 0.4) is 0 Å². The van der Waals surface area contributed by atoms with E-state index < -0.39 is 0 Å². The molecule has 0 amide bonds. The normalized spacial score (nSPS) is 21.1. The van der Waals surface area contributed by atoms with E-state index in [0.717, 1.165) is 23.6 Å². The van der Waals surface area contributed by atoms with Gasteiger partial charge >= 0.3 is 0 Å². The summed E-state index contributed by atoms with van der Waals surface area (Å²) in [6.07, 6.45) is 2.20. The lowest BCUT2D eigenvalue weighted by molar-refractivity contribution is 0.510. The second kappa shape index (κ2) is 6.30. The van der Waals surface area contributed by atoms with E-state index >= 15 is 0 Å². The molecule has 1 aliphatic heterocycles. The van der Waals surface area contributed by atoms with Crippen molar-refractivity contribution in [3.05, 3.63) is 101 Å². The molecule has 2 unspecified atom stereocenters. The summed E-state index contributed by atoms with van der Waals surface area (Å²) in [5, 5.41) is 8.08. The number of nitrogens with zero attached hydrogens (tertiary/aromatic N) is 2. The number of halogens is 1. The molecular formula is C23H19ClN2. The molecule has 0 spiro atoms. The third-order valence-corrected chi connectivity index (χ3v) is 5.68. The van der Waals surface area contributed by atoms with Crippen LogP contribution < -0.4 is 5.01 Å². The first-order valence-electron chi connectivity index (χ1n) is 9.08. The maximum Gasteiger partial charge on any atom is 0.0860 e. The smallest absolute Gasteiger partial charge is 0.0860 e. The Morgan fingerprint density at radius 3 is 2.54 bits per heavy atom. The van der Waals surface area contributed by atoms with Crippen LogP contribution in [0.25, 0.3) is 0 Å². The van der Waals surface area contributed by atoms with Crippen LogP contribution in [0, 0.1) is 5.92 Å². The van der Waals surface area contributed by atoms with E-state index in [9.17, 15) is 0 Å². The highest BCUT2D eigenvalue weighted by Gasteiger charge is 2.41. The van der Waals surface area contributed by atoms with Gasteiger partial charge in [0, 0.05) is 16.5 Å². The third kappa shape index (κ3) is 2.53. The number of aryl methyl sites for hydroxylation is 1. The number of hydrogen-bond acceptors (Lipinski definition) is 2. The minimum absolute atomic E-state index is 0.180. The molecule has 128 valence electrons. The third-order valence-electron chi connectivity index (χ3n) is 5.44. The molecule has 0 radical (unpaired) electrons. The summed E-state index contributed by atoms with van der Waals surface area (Å²) in [6, 6.07) is 27.5. The summed E-state index contributed by atoms with van der Waals surface area (Å²) >= 11 is 6.32. The number of benzene rings is 3. The molecular weight excluding hydrogens is 340 g/mol. The molecule has 3 aromatic rings. The Hall–Kier alpha value is -2.58. The SMILES string of the molecule is Clc1cccc(C2C3CCc4ccccc4C3=NN2c2ccccc2)c1. The lowest BCUT2D eigenvalue weighted by atomic mass is 9.77. The number of hydrogen-bond donors (Lipinski definition) is 0. The van der Waals surface area contributed by atoms with Gasteiger partial charge in [0.2, 0.25) is 0 Å². The van der Waals surface area contributed by atoms with Crippen molar-refractivity contribution in [2.24, 2.45) is 11.0 Å². The molecule has 1 aliphatic carbocycles. The van der Waals surface area contributed by atoms with Gasteiger partial charge in [-0.1, -0.05) is 66.2 Å². The lowest BCUT2D eigenvalue weighted by Gasteiger charge is -2.30. The Kier molecular flexibility index (Phi) is 3.79. The van der Waals surface area contributed by atoms with Gasteiger partial charge < -0.3 is 0 Å². The number of para-hydroxylation sites is 1. The van der Waals surface area contributed by atoms with Gasteiger partial charge in [0.1, 0.15) is 0 Å². The molecule has 3 heteroatoms. The van der Waals surface area contributed by atoms with E-state index in [4.69, 9.17) is 16.7 Å². The highest BCUT2D eigenvalue weighted by atomic mass is 35.5. The van der Waals surface area contributed by atoms with E-state index in [2.05, 4.69) is 65.7 Å². The minimum Gasteiger partial charge on any atom is -0.257 e. The Morgan fingerprint density at radius 2 is 1.69 bits per heavy atom. The summed E-state index contributed by atoms with van der Waals surface area (Å²) in [5.41, 5.74) is 6.26. The Balaban J connectivity index is 1.66. The van der Waals surface area contributed by atoms with Crippen molar-refractivity contribution >= 4 is 23.0 Å². The molecule has 0 bridgehead atoms. The van der Waals surface area contributed by atoms with Crippen molar-refractivity contribution < 1.29 is 0 Å². The number of hydrazone groups is 1. The molecule has 0 saturated carbocycles. The summed E-state index contributed by atoms with van der Waals surface area (Å²) in [4.78, 5) is 0. The van der Waals surface area contributed by atoms with Crippen LogP contribution in [0.1, 0.15) is 29.2 Å². The van der Waals surface area contributed by atoms with E-state index in [1.165, 1.54) is 22.4 Å². The minimum atomic E-state index is 0.180. The fraction of sp³-hybridized carbons (Fsp3) is 0.174. The summed E-state index contributed by atoms with van der Waals surface area (Å²) in [6.45, 7) is 0. The maximum atomic E-state index is 6.32. The molecule has 2 atom stereocenters. The molecule has 0 fully saturated rings. The molecule has 2 aliphatic rings. The summed E-state index contributed by atoms with van der Waals surface area (Å²) in [7, 11) is 0. The largest absolute Gasteiger partial charge is 0.257 e. The van der Waals surface area contributed by atoms with Crippen LogP contribution in [0.5, 0.6) is 0 Å². The van der Waals surface area contributed by atoms with Gasteiger partial charge in [0.15, 0.2) is 0 Å². The van der Waals surface area contributed by atoms with Crippen molar-refractivity contribution in [2.45, 2.75) is 18.9 Å². The fourth-order valence-electron chi connectivity index (χ4n) is 4.28. The van der Waals surface area contributed by atoms with Gasteiger partial charge in [-0.3, -0.25) is 5.01 Å². The van der Waals surface area contributed by atoms with Crippen molar-refractivity contribution in [2.75, 3.05) is 5.01 Å². The monoisotopic (exact) mass is 358 g/mol.